The first-order valence-electron chi connectivity index (χ1n) is 13.4. The summed E-state index contributed by atoms with van der Waals surface area (Å²) in [6.07, 6.45) is 3.33. The van der Waals surface area contributed by atoms with Crippen LogP contribution in [-0.2, 0) is 4.79 Å². The molecule has 0 aliphatic rings. The number of ketones is 1. The van der Waals surface area contributed by atoms with Gasteiger partial charge >= 0.3 is 0 Å². The van der Waals surface area contributed by atoms with Gasteiger partial charge in [0.1, 0.15) is 16.8 Å². The van der Waals surface area contributed by atoms with Crippen molar-refractivity contribution in [1.82, 2.24) is 4.98 Å². The summed E-state index contributed by atoms with van der Waals surface area (Å²) in [6.45, 7) is 1.77. The van der Waals surface area contributed by atoms with Gasteiger partial charge in [0.05, 0.1) is 23.6 Å². The molecule has 1 amide bonds. The Morgan fingerprint density at radius 1 is 0.977 bits per heavy atom. The number of nitrogens with zero attached hydrogens (tertiary/aromatic N) is 2. The predicted octanol–water partition coefficient (Wildman–Crippen LogP) is 8.37. The first-order chi connectivity index (χ1) is 20.9. The minimum absolute atomic E-state index is 0.115. The molecule has 0 fully saturated rings. The van der Waals surface area contributed by atoms with Crippen molar-refractivity contribution in [2.75, 3.05) is 12.4 Å². The van der Waals surface area contributed by atoms with E-state index in [1.54, 1.807) is 61.8 Å². The Morgan fingerprint density at radius 3 is 2.44 bits per heavy atom. The van der Waals surface area contributed by atoms with Gasteiger partial charge < -0.3 is 10.1 Å². The number of methoxy groups -OCH3 is 1. The minimum Gasteiger partial charge on any atom is -0.497 e. The van der Waals surface area contributed by atoms with Crippen molar-refractivity contribution in [3.05, 3.63) is 125 Å². The molecule has 3 aromatic carbocycles. The maximum atomic E-state index is 13.2. The first kappa shape index (κ1) is 29.5. The van der Waals surface area contributed by atoms with Crippen molar-refractivity contribution >= 4 is 46.6 Å². The van der Waals surface area contributed by atoms with Crippen LogP contribution in [0.25, 0.3) is 28.5 Å². The molecule has 0 aliphatic carbocycles. The van der Waals surface area contributed by atoms with Crippen molar-refractivity contribution in [2.24, 2.45) is 0 Å². The second-order valence-electron chi connectivity index (χ2n) is 9.48. The minimum atomic E-state index is -0.571. The predicted molar refractivity (Wildman–Crippen MR) is 174 cm³/mol. The SMILES string of the molecule is COc1cccc(-c2cc(-c3ccccc3)c(C#N)c(S[C@H](C)C(=O)Nc3ccc(C(=O)/C=C/c4cccs4)cc3)n2)c1. The maximum Gasteiger partial charge on any atom is 0.237 e. The molecule has 0 saturated carbocycles. The third-order valence-electron chi connectivity index (χ3n) is 6.59. The zero-order chi connectivity index (χ0) is 30.2. The number of nitriles is 1. The van der Waals surface area contributed by atoms with Gasteiger partial charge in [-0.15, -0.1) is 11.3 Å². The average molecular weight is 602 g/mol. The summed E-state index contributed by atoms with van der Waals surface area (Å²) in [6, 6.07) is 32.1. The lowest BCUT2D eigenvalue weighted by Gasteiger charge is -2.16. The van der Waals surface area contributed by atoms with Crippen LogP contribution < -0.4 is 10.1 Å². The molecule has 6 nitrogen and oxygen atoms in total. The smallest absolute Gasteiger partial charge is 0.237 e. The molecule has 212 valence electrons. The van der Waals surface area contributed by atoms with E-state index in [4.69, 9.17) is 9.72 Å². The Balaban J connectivity index is 1.37. The molecule has 2 aromatic heterocycles. The summed E-state index contributed by atoms with van der Waals surface area (Å²) < 4.78 is 5.41. The van der Waals surface area contributed by atoms with E-state index in [1.807, 2.05) is 78.2 Å². The van der Waals surface area contributed by atoms with Crippen molar-refractivity contribution in [3.8, 4) is 34.2 Å². The number of hydrogen-bond donors (Lipinski definition) is 1. The summed E-state index contributed by atoms with van der Waals surface area (Å²) in [5.74, 6) is 0.328. The fraction of sp³-hybridized carbons (Fsp3) is 0.0857. The Hall–Kier alpha value is -4.97. The number of thioether (sulfide) groups is 1. The summed E-state index contributed by atoms with van der Waals surface area (Å²) in [7, 11) is 1.61. The molecule has 43 heavy (non-hydrogen) atoms. The van der Waals surface area contributed by atoms with E-state index in [2.05, 4.69) is 11.4 Å². The van der Waals surface area contributed by atoms with Crippen LogP contribution in [0, 0.1) is 11.3 Å². The molecule has 5 aromatic rings. The lowest BCUT2D eigenvalue weighted by molar-refractivity contribution is -0.115. The number of carbonyl (C=O) groups excluding carboxylic acids is 2. The molecule has 1 atom stereocenters. The van der Waals surface area contributed by atoms with Gasteiger partial charge in [0.25, 0.3) is 0 Å². The topological polar surface area (TPSA) is 92.1 Å². The molecule has 0 aliphatic heterocycles. The van der Waals surface area contributed by atoms with E-state index in [0.29, 0.717) is 33.3 Å². The van der Waals surface area contributed by atoms with Gasteiger partial charge in [0.2, 0.25) is 5.91 Å². The molecular weight excluding hydrogens is 575 g/mol. The van der Waals surface area contributed by atoms with Gasteiger partial charge in [-0.25, -0.2) is 4.98 Å². The van der Waals surface area contributed by atoms with Crippen LogP contribution >= 0.6 is 23.1 Å². The Bertz CT molecular complexity index is 1810. The van der Waals surface area contributed by atoms with Crippen molar-refractivity contribution in [1.29, 1.82) is 5.26 Å². The van der Waals surface area contributed by atoms with Gasteiger partial charge in [-0.05, 0) is 78.6 Å². The van der Waals surface area contributed by atoms with Crippen LogP contribution in [-0.4, -0.2) is 29.0 Å². The molecule has 5 rings (SSSR count). The Morgan fingerprint density at radius 2 is 1.74 bits per heavy atom. The van der Waals surface area contributed by atoms with Gasteiger partial charge in [0.15, 0.2) is 5.78 Å². The van der Waals surface area contributed by atoms with E-state index in [0.717, 1.165) is 21.6 Å². The van der Waals surface area contributed by atoms with Crippen molar-refractivity contribution < 1.29 is 14.3 Å². The molecule has 0 saturated heterocycles. The lowest BCUT2D eigenvalue weighted by atomic mass is 9.99. The van der Waals surface area contributed by atoms with Crippen LogP contribution in [0.3, 0.4) is 0 Å². The molecule has 8 heteroatoms. The second kappa shape index (κ2) is 13.8. The number of nitrogens with one attached hydrogen (secondary N) is 1. The van der Waals surface area contributed by atoms with Gasteiger partial charge in [-0.2, -0.15) is 5.26 Å². The highest BCUT2D eigenvalue weighted by atomic mass is 32.2. The van der Waals surface area contributed by atoms with Gasteiger partial charge in [-0.1, -0.05) is 60.3 Å². The van der Waals surface area contributed by atoms with E-state index >= 15 is 0 Å². The molecular formula is C35H27N3O3S2. The third-order valence-corrected chi connectivity index (χ3v) is 8.51. The number of pyridine rings is 1. The Labute approximate surface area is 258 Å². The molecule has 0 unspecified atom stereocenters. The standard InChI is InChI=1S/C35H27N3O3S2/c1-23(34(40)37-27-15-13-25(14-16-27)33(39)18-17-29-12-7-19-42-29)43-35-31(22-36)30(24-8-4-3-5-9-24)21-32(38-35)26-10-6-11-28(20-26)41-2/h3-21,23H,1-2H3,(H,37,40)/b18-17+/t23-/m1/s1. The largest absolute Gasteiger partial charge is 0.497 e. The fourth-order valence-electron chi connectivity index (χ4n) is 4.31. The van der Waals surface area contributed by atoms with Crippen LogP contribution in [0.5, 0.6) is 5.75 Å². The van der Waals surface area contributed by atoms with Crippen molar-refractivity contribution in [3.63, 3.8) is 0 Å². The van der Waals surface area contributed by atoms with E-state index in [9.17, 15) is 14.9 Å². The number of hydrogen-bond acceptors (Lipinski definition) is 7. The Kier molecular flexibility index (Phi) is 9.47. The summed E-state index contributed by atoms with van der Waals surface area (Å²) >= 11 is 2.78. The lowest BCUT2D eigenvalue weighted by Crippen LogP contribution is -2.22. The summed E-state index contributed by atoms with van der Waals surface area (Å²) in [4.78, 5) is 31.6. The average Bonchev–Trinajstić information content (AvgIpc) is 3.58. The molecule has 2 heterocycles. The number of anilines is 1. The highest BCUT2D eigenvalue weighted by molar-refractivity contribution is 8.00. The normalized spacial score (nSPS) is 11.6. The van der Waals surface area contributed by atoms with Crippen LogP contribution in [0.2, 0.25) is 0 Å². The number of allylic oxidation sites excluding steroid dienone is 1. The van der Waals surface area contributed by atoms with E-state index < -0.39 is 5.25 Å². The monoisotopic (exact) mass is 601 g/mol. The highest BCUT2D eigenvalue weighted by Gasteiger charge is 2.22. The van der Waals surface area contributed by atoms with E-state index in [1.165, 1.54) is 11.8 Å². The van der Waals surface area contributed by atoms with Gasteiger partial charge in [0, 0.05) is 27.3 Å². The molecule has 0 spiro atoms. The second-order valence-corrected chi connectivity index (χ2v) is 11.8. The number of amides is 1. The maximum absolute atomic E-state index is 13.2. The molecule has 1 N–H and O–H groups in total. The summed E-state index contributed by atoms with van der Waals surface area (Å²) in [5.41, 5.74) is 4.61. The number of ether oxygens (including phenoxy) is 1. The van der Waals surface area contributed by atoms with E-state index in [-0.39, 0.29) is 11.7 Å². The number of benzene rings is 3. The molecule has 0 radical (unpaired) electrons. The quantitative estimate of drug-likeness (QED) is 0.0982. The van der Waals surface area contributed by atoms with Crippen LogP contribution in [0.15, 0.2) is 114 Å². The van der Waals surface area contributed by atoms with Gasteiger partial charge in [-0.3, -0.25) is 9.59 Å². The highest BCUT2D eigenvalue weighted by Crippen LogP contribution is 2.36. The third kappa shape index (κ3) is 7.28. The number of aromatic nitrogens is 1. The number of carbonyl (C=O) groups is 2. The summed E-state index contributed by atoms with van der Waals surface area (Å²) in [5, 5.41) is 15.0. The van der Waals surface area contributed by atoms with Crippen LogP contribution in [0.4, 0.5) is 5.69 Å². The molecule has 0 bridgehead atoms. The van der Waals surface area contributed by atoms with Crippen molar-refractivity contribution in [2.45, 2.75) is 17.2 Å². The number of rotatable bonds is 10. The number of thiophene rings is 1. The zero-order valence-corrected chi connectivity index (χ0v) is 25.1. The fourth-order valence-corrected chi connectivity index (χ4v) is 5.86. The van der Waals surface area contributed by atoms with Crippen LogP contribution in [0.1, 0.15) is 27.7 Å². The zero-order valence-electron chi connectivity index (χ0n) is 23.5. The first-order valence-corrected chi connectivity index (χ1v) is 15.2.